The molecule has 4 fully saturated rings. The van der Waals surface area contributed by atoms with Crippen molar-refractivity contribution in [2.75, 3.05) is 6.61 Å². The molecule has 1 aliphatic heterocycles. The molecule has 4 aliphatic carbocycles. The Hall–Kier alpha value is -3.50. The Morgan fingerprint density at radius 3 is 2.29 bits per heavy atom. The quantitative estimate of drug-likeness (QED) is 0.169. The van der Waals surface area contributed by atoms with Crippen molar-refractivity contribution in [1.82, 2.24) is 5.32 Å². The number of thiophene rings is 1. The highest BCUT2D eigenvalue weighted by Gasteiger charge is 2.76. The Morgan fingerprint density at radius 2 is 1.67 bits per heavy atom. The number of carbonyl (C=O) groups is 4. The fourth-order valence-corrected chi connectivity index (χ4v) is 10.9. The molecule has 11 atom stereocenters. The zero-order valence-electron chi connectivity index (χ0n) is 31.5. The van der Waals surface area contributed by atoms with Gasteiger partial charge in [0.25, 0.3) is 5.91 Å². The standard InChI is InChI=1S/C41H51NO12S/c1-21-24(53-37(49)31(45)29(22-12-7-5-8-13-22)42-35(47)25-16-11-17-55-25)19-41(51)34(54-36(48)23-14-9-6-10-15-23)32-39(4,26(43)18-27-40(32,50)20-52-27)33(46)30(44)28(21)38(41,2)3/h6,9-11,14-17,22,24,26-27,29-32,34,43-45,50-51H,5,7-8,12-13,18-20H2,1-4H3,(H,42,47)/t24?,26?,27?,29?,30?,31?,32?,34?,39-,40+,41?/m1/s1. The molecule has 298 valence electrons. The van der Waals surface area contributed by atoms with E-state index in [9.17, 15) is 44.7 Å². The lowest BCUT2D eigenvalue weighted by Crippen LogP contribution is -2.81. The highest BCUT2D eigenvalue weighted by atomic mass is 32.1. The van der Waals surface area contributed by atoms with Gasteiger partial charge in [-0.15, -0.1) is 11.3 Å². The minimum Gasteiger partial charge on any atom is -0.456 e. The van der Waals surface area contributed by atoms with Crippen molar-refractivity contribution in [1.29, 1.82) is 0 Å². The van der Waals surface area contributed by atoms with Gasteiger partial charge in [-0.2, -0.15) is 0 Å². The number of rotatable bonds is 8. The molecule has 1 saturated heterocycles. The molecule has 5 aliphatic rings. The number of hydrogen-bond donors (Lipinski definition) is 6. The molecule has 3 saturated carbocycles. The number of benzene rings is 1. The van der Waals surface area contributed by atoms with E-state index in [-0.39, 0.29) is 35.7 Å². The first kappa shape index (κ1) is 39.7. The van der Waals surface area contributed by atoms with Crippen molar-refractivity contribution in [3.63, 3.8) is 0 Å². The molecule has 6 N–H and O–H groups in total. The maximum atomic E-state index is 14.7. The predicted octanol–water partition coefficient (Wildman–Crippen LogP) is 2.86. The van der Waals surface area contributed by atoms with E-state index < -0.39 is 101 Å². The lowest BCUT2D eigenvalue weighted by molar-refractivity contribution is -0.343. The zero-order valence-corrected chi connectivity index (χ0v) is 32.3. The van der Waals surface area contributed by atoms with Gasteiger partial charge in [-0.25, -0.2) is 9.59 Å². The molecular formula is C41H51NO12S. The number of carbonyl (C=O) groups excluding carboxylic acids is 4. The zero-order chi connectivity index (χ0) is 39.7. The van der Waals surface area contributed by atoms with E-state index in [2.05, 4.69) is 5.32 Å². The Morgan fingerprint density at radius 1 is 0.982 bits per heavy atom. The molecule has 13 nitrogen and oxygen atoms in total. The average Bonchev–Trinajstić information content (AvgIpc) is 3.72. The number of ketones is 1. The van der Waals surface area contributed by atoms with Crippen LogP contribution in [0, 0.1) is 22.7 Å². The van der Waals surface area contributed by atoms with Crippen LogP contribution in [-0.2, 0) is 23.8 Å². The van der Waals surface area contributed by atoms with Crippen molar-refractivity contribution < 1.29 is 58.9 Å². The SMILES string of the molecule is CC1=C2C(O)C(=O)[C@]3(C)C(O)CC4OC[C@@]4(O)C3C(OC(=O)c3ccccc3)C(O)(CC1OC(=O)C(O)C(NC(=O)c1cccs1)C1CCCCC1)C2(C)C. The smallest absolute Gasteiger partial charge is 0.338 e. The number of hydrogen-bond acceptors (Lipinski definition) is 13. The fraction of sp³-hybridized carbons (Fsp3) is 0.610. The van der Waals surface area contributed by atoms with Crippen LogP contribution in [0.1, 0.15) is 92.7 Å². The number of fused-ring (bicyclic) bond motifs is 5. The van der Waals surface area contributed by atoms with Gasteiger partial charge in [0.2, 0.25) is 0 Å². The molecule has 14 heteroatoms. The molecule has 2 bridgehead atoms. The van der Waals surface area contributed by atoms with Crippen molar-refractivity contribution in [2.45, 2.75) is 127 Å². The Balaban J connectivity index is 1.30. The van der Waals surface area contributed by atoms with E-state index in [4.69, 9.17) is 14.2 Å². The van der Waals surface area contributed by atoms with Crippen LogP contribution in [0.5, 0.6) is 0 Å². The first-order valence-corrected chi connectivity index (χ1v) is 20.0. The number of Topliss-reactive ketones (excluding diaryl/α,β-unsaturated/α-hetero) is 1. The monoisotopic (exact) mass is 781 g/mol. The Kier molecular flexibility index (Phi) is 10.4. The highest BCUT2D eigenvalue weighted by Crippen LogP contribution is 2.63. The third-order valence-corrected chi connectivity index (χ3v) is 14.5. The molecule has 1 aromatic carbocycles. The van der Waals surface area contributed by atoms with Crippen molar-refractivity contribution in [2.24, 2.45) is 22.7 Å². The highest BCUT2D eigenvalue weighted by molar-refractivity contribution is 7.12. The van der Waals surface area contributed by atoms with Gasteiger partial charge >= 0.3 is 11.9 Å². The summed E-state index contributed by atoms with van der Waals surface area (Å²) in [5.74, 6) is -4.99. The van der Waals surface area contributed by atoms with Crippen molar-refractivity contribution in [3.8, 4) is 0 Å². The summed E-state index contributed by atoms with van der Waals surface area (Å²) < 4.78 is 17.9. The predicted molar refractivity (Wildman–Crippen MR) is 198 cm³/mol. The lowest BCUT2D eigenvalue weighted by atomic mass is 9.44. The second-order valence-electron chi connectivity index (χ2n) is 16.9. The van der Waals surface area contributed by atoms with Crippen LogP contribution < -0.4 is 5.32 Å². The summed E-state index contributed by atoms with van der Waals surface area (Å²) in [6.07, 6.45) is -5.84. The number of nitrogens with one attached hydrogen (secondary N) is 1. The van der Waals surface area contributed by atoms with E-state index >= 15 is 0 Å². The van der Waals surface area contributed by atoms with E-state index in [1.54, 1.807) is 56.5 Å². The molecule has 1 amide bonds. The van der Waals surface area contributed by atoms with Gasteiger partial charge in [0.1, 0.15) is 29.5 Å². The fourth-order valence-electron chi connectivity index (χ4n) is 10.3. The van der Waals surface area contributed by atoms with Gasteiger partial charge < -0.3 is 45.1 Å². The van der Waals surface area contributed by atoms with Crippen molar-refractivity contribution in [3.05, 3.63) is 69.4 Å². The van der Waals surface area contributed by atoms with E-state index in [1.807, 2.05) is 0 Å². The Labute approximate surface area is 323 Å². The van der Waals surface area contributed by atoms with Crippen LogP contribution in [0.4, 0.5) is 0 Å². The summed E-state index contributed by atoms with van der Waals surface area (Å²) in [5, 5.41) is 65.6. The first-order chi connectivity index (χ1) is 26.0. The number of amides is 1. The maximum Gasteiger partial charge on any atom is 0.338 e. The largest absolute Gasteiger partial charge is 0.456 e. The summed E-state index contributed by atoms with van der Waals surface area (Å²) >= 11 is 1.22. The van der Waals surface area contributed by atoms with Crippen molar-refractivity contribution >= 4 is 35.0 Å². The van der Waals surface area contributed by atoms with Crippen LogP contribution in [0.25, 0.3) is 0 Å². The number of aliphatic hydroxyl groups excluding tert-OH is 3. The lowest BCUT2D eigenvalue weighted by Gasteiger charge is -2.66. The van der Waals surface area contributed by atoms with Gasteiger partial charge in [0.05, 0.1) is 40.7 Å². The van der Waals surface area contributed by atoms with Crippen LogP contribution in [0.3, 0.4) is 0 Å². The third kappa shape index (κ3) is 6.28. The molecule has 0 spiro atoms. The van der Waals surface area contributed by atoms with Crippen LogP contribution in [0.2, 0.25) is 0 Å². The van der Waals surface area contributed by atoms with Gasteiger partial charge in [0.15, 0.2) is 11.9 Å². The number of ether oxygens (including phenoxy) is 3. The van der Waals surface area contributed by atoms with Gasteiger partial charge in [-0.3, -0.25) is 9.59 Å². The molecule has 2 heterocycles. The first-order valence-electron chi connectivity index (χ1n) is 19.1. The topological polar surface area (TPSA) is 209 Å². The third-order valence-electron chi connectivity index (χ3n) is 13.7. The summed E-state index contributed by atoms with van der Waals surface area (Å²) in [6, 6.07) is 10.4. The molecule has 7 rings (SSSR count). The van der Waals surface area contributed by atoms with Crippen LogP contribution in [-0.4, -0.2) is 110 Å². The molecule has 0 radical (unpaired) electrons. The molecule has 1 aromatic heterocycles. The summed E-state index contributed by atoms with van der Waals surface area (Å²) in [5.41, 5.74) is -7.29. The van der Waals surface area contributed by atoms with Gasteiger partial charge in [0, 0.05) is 24.2 Å². The maximum absolute atomic E-state index is 14.7. The minimum absolute atomic E-state index is 0.0000220. The summed E-state index contributed by atoms with van der Waals surface area (Å²) in [7, 11) is 0. The second kappa shape index (κ2) is 14.5. The van der Waals surface area contributed by atoms with Crippen LogP contribution in [0.15, 0.2) is 59.0 Å². The molecular weight excluding hydrogens is 731 g/mol. The van der Waals surface area contributed by atoms with Gasteiger partial charge in [-0.1, -0.05) is 57.4 Å². The minimum atomic E-state index is -2.27. The van der Waals surface area contributed by atoms with E-state index in [0.29, 0.717) is 17.7 Å². The summed E-state index contributed by atoms with van der Waals surface area (Å²) in [6.45, 7) is 5.83. The molecule has 2 aromatic rings. The second-order valence-corrected chi connectivity index (χ2v) is 17.8. The van der Waals surface area contributed by atoms with Crippen LogP contribution >= 0.6 is 11.3 Å². The molecule has 9 unspecified atom stereocenters. The van der Waals surface area contributed by atoms with E-state index in [0.717, 1.165) is 19.3 Å². The summed E-state index contributed by atoms with van der Waals surface area (Å²) in [4.78, 5) is 56.4. The number of aliphatic hydroxyl groups is 5. The average molecular weight is 782 g/mol. The van der Waals surface area contributed by atoms with Gasteiger partial charge in [-0.05, 0) is 67.3 Å². The number of esters is 2. The Bertz CT molecular complexity index is 1840. The molecule has 55 heavy (non-hydrogen) atoms. The van der Waals surface area contributed by atoms with E-state index in [1.165, 1.54) is 30.4 Å². The normalized spacial score (nSPS) is 36.9.